The van der Waals surface area contributed by atoms with E-state index in [0.717, 1.165) is 31.9 Å². The Labute approximate surface area is 119 Å². The number of hydrogen-bond donors (Lipinski definition) is 3. The van der Waals surface area contributed by atoms with Crippen molar-refractivity contribution < 1.29 is 9.90 Å². The number of carbonyl (C=O) groups is 1. The molecule has 0 unspecified atom stereocenters. The van der Waals surface area contributed by atoms with E-state index in [4.69, 9.17) is 10.8 Å². The number of hydrogen-bond acceptors (Lipinski definition) is 4. The van der Waals surface area contributed by atoms with E-state index < -0.39 is 5.97 Å². The number of nitrogen functional groups attached to an aromatic ring is 1. The van der Waals surface area contributed by atoms with Crippen LogP contribution in [0.1, 0.15) is 30.1 Å². The van der Waals surface area contributed by atoms with Gasteiger partial charge in [-0.1, -0.05) is 13.0 Å². The molecule has 1 aliphatic rings. The normalized spacial score (nSPS) is 17.1. The summed E-state index contributed by atoms with van der Waals surface area (Å²) in [4.78, 5) is 13.5. The minimum atomic E-state index is -0.984. The minimum Gasteiger partial charge on any atom is -0.478 e. The molecule has 0 saturated carbocycles. The van der Waals surface area contributed by atoms with E-state index >= 15 is 0 Å². The maximum atomic E-state index is 11.0. The second-order valence-electron chi connectivity index (χ2n) is 5.33. The van der Waals surface area contributed by atoms with Crippen LogP contribution in [0.3, 0.4) is 0 Å². The molecule has 0 aliphatic carbocycles. The maximum absolute atomic E-state index is 11.0. The fourth-order valence-electron chi connectivity index (χ4n) is 2.67. The standard InChI is InChI=1S/C15H23N3O2/c1-2-18-8-6-11(7-9-18)10-17-13-5-3-4-12(14(13)16)15(19)20/h3-5,11,17H,2,6-10,16H2,1H3,(H,19,20). The summed E-state index contributed by atoms with van der Waals surface area (Å²) in [7, 11) is 0. The molecule has 5 nitrogen and oxygen atoms in total. The van der Waals surface area contributed by atoms with Gasteiger partial charge in [0.15, 0.2) is 0 Å². The van der Waals surface area contributed by atoms with Gasteiger partial charge in [0.05, 0.1) is 16.9 Å². The fraction of sp³-hybridized carbons (Fsp3) is 0.533. The highest BCUT2D eigenvalue weighted by molar-refractivity contribution is 5.97. The lowest BCUT2D eigenvalue weighted by Gasteiger charge is -2.31. The van der Waals surface area contributed by atoms with E-state index in [0.29, 0.717) is 11.6 Å². The Morgan fingerprint density at radius 1 is 1.45 bits per heavy atom. The Bertz CT molecular complexity index is 468. The quantitative estimate of drug-likeness (QED) is 0.718. The average Bonchev–Trinajstić information content (AvgIpc) is 2.46. The third-order valence-corrected chi connectivity index (χ3v) is 4.07. The number of anilines is 2. The number of piperidine rings is 1. The number of nitrogens with one attached hydrogen (secondary N) is 1. The van der Waals surface area contributed by atoms with Crippen LogP contribution in [-0.4, -0.2) is 42.2 Å². The summed E-state index contributed by atoms with van der Waals surface area (Å²) >= 11 is 0. The van der Waals surface area contributed by atoms with E-state index in [1.807, 2.05) is 6.07 Å². The van der Waals surface area contributed by atoms with Crippen molar-refractivity contribution in [2.75, 3.05) is 37.2 Å². The maximum Gasteiger partial charge on any atom is 0.337 e. The molecule has 0 spiro atoms. The van der Waals surface area contributed by atoms with E-state index in [-0.39, 0.29) is 5.56 Å². The SMILES string of the molecule is CCN1CCC(CNc2cccc(C(=O)O)c2N)CC1. The van der Waals surface area contributed by atoms with Crippen LogP contribution >= 0.6 is 0 Å². The molecular weight excluding hydrogens is 254 g/mol. The van der Waals surface area contributed by atoms with Gasteiger partial charge in [0.1, 0.15) is 0 Å². The first-order chi connectivity index (χ1) is 9.61. The monoisotopic (exact) mass is 277 g/mol. The molecule has 2 rings (SSSR count). The number of para-hydroxylation sites is 1. The van der Waals surface area contributed by atoms with Crippen molar-refractivity contribution in [1.29, 1.82) is 0 Å². The van der Waals surface area contributed by atoms with Gasteiger partial charge in [-0.25, -0.2) is 4.79 Å². The Morgan fingerprint density at radius 2 is 2.15 bits per heavy atom. The van der Waals surface area contributed by atoms with Crippen LogP contribution in [0.2, 0.25) is 0 Å². The molecule has 1 heterocycles. The highest BCUT2D eigenvalue weighted by Crippen LogP contribution is 2.24. The van der Waals surface area contributed by atoms with Gasteiger partial charge in [0, 0.05) is 6.54 Å². The van der Waals surface area contributed by atoms with E-state index in [1.165, 1.54) is 18.9 Å². The first kappa shape index (κ1) is 14.7. The third-order valence-electron chi connectivity index (χ3n) is 4.07. The second-order valence-corrected chi connectivity index (χ2v) is 5.33. The Kier molecular flexibility index (Phi) is 4.84. The largest absolute Gasteiger partial charge is 0.478 e. The van der Waals surface area contributed by atoms with E-state index in [1.54, 1.807) is 6.07 Å². The van der Waals surface area contributed by atoms with Crippen LogP contribution < -0.4 is 11.1 Å². The summed E-state index contributed by atoms with van der Waals surface area (Å²) in [6, 6.07) is 5.09. The molecule has 20 heavy (non-hydrogen) atoms. The van der Waals surface area contributed by atoms with Crippen LogP contribution in [0.4, 0.5) is 11.4 Å². The smallest absolute Gasteiger partial charge is 0.337 e. The van der Waals surface area contributed by atoms with E-state index in [2.05, 4.69) is 17.1 Å². The molecule has 4 N–H and O–H groups in total. The number of aromatic carboxylic acids is 1. The van der Waals surface area contributed by atoms with Gasteiger partial charge in [0.25, 0.3) is 0 Å². The first-order valence-electron chi connectivity index (χ1n) is 7.19. The van der Waals surface area contributed by atoms with E-state index in [9.17, 15) is 4.79 Å². The Hall–Kier alpha value is -1.75. The van der Waals surface area contributed by atoms with Gasteiger partial charge in [0.2, 0.25) is 0 Å². The molecule has 0 radical (unpaired) electrons. The molecule has 5 heteroatoms. The van der Waals surface area contributed by atoms with Crippen LogP contribution in [0.25, 0.3) is 0 Å². The highest BCUT2D eigenvalue weighted by atomic mass is 16.4. The van der Waals surface area contributed by atoms with Crippen molar-refractivity contribution in [3.63, 3.8) is 0 Å². The van der Waals surface area contributed by atoms with Crippen molar-refractivity contribution >= 4 is 17.3 Å². The minimum absolute atomic E-state index is 0.163. The summed E-state index contributed by atoms with van der Waals surface area (Å²) in [6.07, 6.45) is 2.36. The molecule has 0 atom stereocenters. The Balaban J connectivity index is 1.92. The Morgan fingerprint density at radius 3 is 2.75 bits per heavy atom. The predicted octanol–water partition coefficient (Wildman–Crippen LogP) is 2.11. The van der Waals surface area contributed by atoms with Crippen molar-refractivity contribution in [3.05, 3.63) is 23.8 Å². The fourth-order valence-corrected chi connectivity index (χ4v) is 2.67. The second kappa shape index (κ2) is 6.61. The van der Waals surface area contributed by atoms with Crippen LogP contribution in [0.15, 0.2) is 18.2 Å². The highest BCUT2D eigenvalue weighted by Gasteiger charge is 2.18. The van der Waals surface area contributed by atoms with Crippen molar-refractivity contribution in [2.45, 2.75) is 19.8 Å². The number of rotatable bonds is 5. The molecule has 1 aromatic rings. The van der Waals surface area contributed by atoms with Crippen molar-refractivity contribution in [3.8, 4) is 0 Å². The van der Waals surface area contributed by atoms with Gasteiger partial charge >= 0.3 is 5.97 Å². The van der Waals surface area contributed by atoms with Crippen LogP contribution in [0.5, 0.6) is 0 Å². The molecule has 0 amide bonds. The topological polar surface area (TPSA) is 78.6 Å². The zero-order valence-corrected chi connectivity index (χ0v) is 11.9. The lowest BCUT2D eigenvalue weighted by atomic mass is 9.96. The molecule has 110 valence electrons. The summed E-state index contributed by atoms with van der Waals surface area (Å²) in [6.45, 7) is 6.45. The lowest BCUT2D eigenvalue weighted by molar-refractivity contribution is 0.0698. The summed E-state index contributed by atoms with van der Waals surface area (Å²) in [5.74, 6) is -0.354. The number of benzene rings is 1. The molecule has 1 aliphatic heterocycles. The van der Waals surface area contributed by atoms with Gasteiger partial charge < -0.3 is 21.1 Å². The number of likely N-dealkylation sites (tertiary alicyclic amines) is 1. The lowest BCUT2D eigenvalue weighted by Crippen LogP contribution is -2.35. The molecule has 0 bridgehead atoms. The zero-order chi connectivity index (χ0) is 14.5. The molecular formula is C15H23N3O2. The summed E-state index contributed by atoms with van der Waals surface area (Å²) in [5, 5.41) is 12.4. The number of carboxylic acid groups (broad SMARTS) is 1. The number of nitrogens with zero attached hydrogens (tertiary/aromatic N) is 1. The van der Waals surface area contributed by atoms with Crippen LogP contribution in [-0.2, 0) is 0 Å². The predicted molar refractivity (Wildman–Crippen MR) is 81.1 cm³/mol. The van der Waals surface area contributed by atoms with Crippen molar-refractivity contribution in [2.24, 2.45) is 5.92 Å². The molecule has 1 fully saturated rings. The third kappa shape index (κ3) is 3.42. The van der Waals surface area contributed by atoms with Gasteiger partial charge in [-0.3, -0.25) is 0 Å². The average molecular weight is 277 g/mol. The molecule has 1 saturated heterocycles. The number of carboxylic acids is 1. The van der Waals surface area contributed by atoms with Gasteiger partial charge in [-0.05, 0) is 50.5 Å². The van der Waals surface area contributed by atoms with Crippen LogP contribution in [0, 0.1) is 5.92 Å². The summed E-state index contributed by atoms with van der Waals surface area (Å²) in [5.41, 5.74) is 7.10. The molecule has 0 aromatic heterocycles. The summed E-state index contributed by atoms with van der Waals surface area (Å²) < 4.78 is 0. The molecule has 1 aromatic carbocycles. The first-order valence-corrected chi connectivity index (χ1v) is 7.19. The zero-order valence-electron chi connectivity index (χ0n) is 11.9. The van der Waals surface area contributed by atoms with Gasteiger partial charge in [-0.2, -0.15) is 0 Å². The number of nitrogens with two attached hydrogens (primary N) is 1. The van der Waals surface area contributed by atoms with Crippen molar-refractivity contribution in [1.82, 2.24) is 4.90 Å². The van der Waals surface area contributed by atoms with Gasteiger partial charge in [-0.15, -0.1) is 0 Å².